The number of hydrogen-bond acceptors (Lipinski definition) is 2. The zero-order valence-corrected chi connectivity index (χ0v) is 10.7. The van der Waals surface area contributed by atoms with Crippen molar-refractivity contribution in [3.8, 4) is 0 Å². The number of unbranched alkanes of at least 4 members (excludes halogenated alkanes) is 1. The SMILES string of the molecule is CCCCC(C(=O)O)S(=O)c1cc(F)ccc1F. The van der Waals surface area contributed by atoms with Crippen LogP contribution >= 0.6 is 0 Å². The Bertz CT molecular complexity index is 463. The van der Waals surface area contributed by atoms with Gasteiger partial charge >= 0.3 is 5.97 Å². The van der Waals surface area contributed by atoms with E-state index in [0.717, 1.165) is 24.6 Å². The number of carbonyl (C=O) groups is 1. The molecule has 0 amide bonds. The van der Waals surface area contributed by atoms with Gasteiger partial charge in [0.25, 0.3) is 0 Å². The van der Waals surface area contributed by atoms with Crippen LogP contribution in [0.5, 0.6) is 0 Å². The van der Waals surface area contributed by atoms with E-state index in [0.29, 0.717) is 6.42 Å². The molecular formula is C12H14F2O3S. The first kappa shape index (κ1) is 14.8. The van der Waals surface area contributed by atoms with Gasteiger partial charge in [0.05, 0.1) is 15.7 Å². The van der Waals surface area contributed by atoms with Crippen molar-refractivity contribution in [1.82, 2.24) is 0 Å². The summed E-state index contributed by atoms with van der Waals surface area (Å²) in [6, 6.07) is 2.53. The Morgan fingerprint density at radius 3 is 2.67 bits per heavy atom. The van der Waals surface area contributed by atoms with Crippen LogP contribution in [-0.2, 0) is 15.6 Å². The van der Waals surface area contributed by atoms with Gasteiger partial charge in [-0.15, -0.1) is 0 Å². The highest BCUT2D eigenvalue weighted by atomic mass is 32.2. The molecule has 18 heavy (non-hydrogen) atoms. The molecule has 2 atom stereocenters. The molecule has 0 heterocycles. The first-order chi connectivity index (χ1) is 8.47. The fraction of sp³-hybridized carbons (Fsp3) is 0.417. The average molecular weight is 276 g/mol. The fourth-order valence-corrected chi connectivity index (χ4v) is 2.86. The van der Waals surface area contributed by atoms with Crippen LogP contribution in [0.15, 0.2) is 23.1 Å². The number of benzene rings is 1. The van der Waals surface area contributed by atoms with Crippen LogP contribution in [0.25, 0.3) is 0 Å². The molecule has 1 N–H and O–H groups in total. The normalized spacial score (nSPS) is 14.2. The fourth-order valence-electron chi connectivity index (χ4n) is 1.50. The van der Waals surface area contributed by atoms with Crippen LogP contribution in [0.4, 0.5) is 8.78 Å². The van der Waals surface area contributed by atoms with Crippen molar-refractivity contribution < 1.29 is 22.9 Å². The van der Waals surface area contributed by atoms with Crippen molar-refractivity contribution in [3.63, 3.8) is 0 Å². The number of halogens is 2. The van der Waals surface area contributed by atoms with Crippen molar-refractivity contribution >= 4 is 16.8 Å². The van der Waals surface area contributed by atoms with Crippen LogP contribution < -0.4 is 0 Å². The Hall–Kier alpha value is -1.30. The van der Waals surface area contributed by atoms with Gasteiger partial charge in [-0.25, -0.2) is 8.78 Å². The van der Waals surface area contributed by atoms with E-state index in [2.05, 4.69) is 0 Å². The zero-order chi connectivity index (χ0) is 13.7. The molecule has 0 aromatic heterocycles. The number of carboxylic acids is 1. The second-order valence-electron chi connectivity index (χ2n) is 3.84. The van der Waals surface area contributed by atoms with E-state index in [9.17, 15) is 17.8 Å². The third kappa shape index (κ3) is 3.60. The quantitative estimate of drug-likeness (QED) is 0.869. The molecule has 1 aromatic rings. The van der Waals surface area contributed by atoms with Crippen molar-refractivity contribution in [2.24, 2.45) is 0 Å². The topological polar surface area (TPSA) is 54.4 Å². The Labute approximate surface area is 106 Å². The summed E-state index contributed by atoms with van der Waals surface area (Å²) in [4.78, 5) is 10.6. The Balaban J connectivity index is 3.01. The molecule has 100 valence electrons. The highest BCUT2D eigenvalue weighted by Crippen LogP contribution is 2.20. The van der Waals surface area contributed by atoms with Crippen molar-refractivity contribution in [1.29, 1.82) is 0 Å². The van der Waals surface area contributed by atoms with Crippen LogP contribution in [-0.4, -0.2) is 20.5 Å². The minimum absolute atomic E-state index is 0.175. The minimum Gasteiger partial charge on any atom is -0.480 e. The van der Waals surface area contributed by atoms with E-state index in [1.807, 2.05) is 6.92 Å². The van der Waals surface area contributed by atoms with Crippen LogP contribution in [0.1, 0.15) is 26.2 Å². The molecule has 0 saturated heterocycles. The third-order valence-corrected chi connectivity index (χ3v) is 4.16. The number of rotatable bonds is 6. The highest BCUT2D eigenvalue weighted by molar-refractivity contribution is 7.86. The predicted octanol–water partition coefficient (Wildman–Crippen LogP) is 2.72. The molecule has 0 radical (unpaired) electrons. The Kier molecular flexibility index (Phi) is 5.40. The summed E-state index contributed by atoms with van der Waals surface area (Å²) < 4.78 is 38.4. The number of aliphatic carboxylic acids is 1. The van der Waals surface area contributed by atoms with Gasteiger partial charge in [-0.1, -0.05) is 19.8 Å². The van der Waals surface area contributed by atoms with E-state index in [1.54, 1.807) is 0 Å². The second-order valence-corrected chi connectivity index (χ2v) is 5.44. The maximum absolute atomic E-state index is 13.4. The molecule has 0 aliphatic heterocycles. The standard InChI is InChI=1S/C12H14F2O3S/c1-2-3-4-10(12(15)16)18(17)11-7-8(13)5-6-9(11)14/h5-7,10H,2-4H2,1H3,(H,15,16). The van der Waals surface area contributed by atoms with Gasteiger partial charge in [-0.3, -0.25) is 9.00 Å². The molecule has 0 fully saturated rings. The molecule has 0 spiro atoms. The molecular weight excluding hydrogens is 262 g/mol. The van der Waals surface area contributed by atoms with Crippen LogP contribution in [0, 0.1) is 11.6 Å². The molecule has 0 bridgehead atoms. The minimum atomic E-state index is -2.09. The van der Waals surface area contributed by atoms with Gasteiger partial charge in [0.2, 0.25) is 0 Å². The summed E-state index contributed by atoms with van der Waals surface area (Å²) in [7, 11) is -2.09. The first-order valence-corrected chi connectivity index (χ1v) is 6.77. The van der Waals surface area contributed by atoms with E-state index in [4.69, 9.17) is 5.11 Å². The van der Waals surface area contributed by atoms with Crippen molar-refractivity contribution in [2.75, 3.05) is 0 Å². The molecule has 0 aliphatic rings. The predicted molar refractivity (Wildman–Crippen MR) is 63.7 cm³/mol. The second kappa shape index (κ2) is 6.58. The summed E-state index contributed by atoms with van der Waals surface area (Å²) >= 11 is 0. The van der Waals surface area contributed by atoms with Crippen LogP contribution in [0.3, 0.4) is 0 Å². The lowest BCUT2D eigenvalue weighted by Crippen LogP contribution is -2.26. The van der Waals surface area contributed by atoms with Gasteiger partial charge in [-0.2, -0.15) is 0 Å². The third-order valence-electron chi connectivity index (χ3n) is 2.46. The lowest BCUT2D eigenvalue weighted by atomic mass is 10.2. The van der Waals surface area contributed by atoms with Gasteiger partial charge < -0.3 is 5.11 Å². The van der Waals surface area contributed by atoms with E-state index >= 15 is 0 Å². The van der Waals surface area contributed by atoms with Crippen molar-refractivity contribution in [2.45, 2.75) is 36.3 Å². The zero-order valence-electron chi connectivity index (χ0n) is 9.86. The largest absolute Gasteiger partial charge is 0.480 e. The average Bonchev–Trinajstić information content (AvgIpc) is 2.32. The van der Waals surface area contributed by atoms with Gasteiger partial charge in [0.15, 0.2) is 0 Å². The van der Waals surface area contributed by atoms with Gasteiger partial charge in [-0.05, 0) is 24.6 Å². The smallest absolute Gasteiger partial charge is 0.319 e. The number of hydrogen-bond donors (Lipinski definition) is 1. The summed E-state index contributed by atoms with van der Waals surface area (Å²) in [5, 5.41) is 7.78. The maximum Gasteiger partial charge on any atom is 0.319 e. The summed E-state index contributed by atoms with van der Waals surface area (Å²) in [5.41, 5.74) is 0. The molecule has 6 heteroatoms. The molecule has 3 nitrogen and oxygen atoms in total. The summed E-state index contributed by atoms with van der Waals surface area (Å²) in [5.74, 6) is -2.85. The van der Waals surface area contributed by atoms with Gasteiger partial charge in [0.1, 0.15) is 16.9 Å². The van der Waals surface area contributed by atoms with E-state index in [1.165, 1.54) is 0 Å². The van der Waals surface area contributed by atoms with Crippen molar-refractivity contribution in [3.05, 3.63) is 29.8 Å². The Morgan fingerprint density at radius 1 is 1.44 bits per heavy atom. The summed E-state index contributed by atoms with van der Waals surface area (Å²) in [6.45, 7) is 1.87. The highest BCUT2D eigenvalue weighted by Gasteiger charge is 2.27. The Morgan fingerprint density at radius 2 is 2.11 bits per heavy atom. The van der Waals surface area contributed by atoms with Crippen LogP contribution in [0.2, 0.25) is 0 Å². The maximum atomic E-state index is 13.4. The lowest BCUT2D eigenvalue weighted by Gasteiger charge is -2.12. The molecule has 1 aromatic carbocycles. The monoisotopic (exact) mass is 276 g/mol. The van der Waals surface area contributed by atoms with E-state index in [-0.39, 0.29) is 6.42 Å². The molecule has 0 aliphatic carbocycles. The van der Waals surface area contributed by atoms with E-state index < -0.39 is 38.5 Å². The molecule has 1 rings (SSSR count). The van der Waals surface area contributed by atoms with Gasteiger partial charge in [0, 0.05) is 0 Å². The number of carboxylic acid groups (broad SMARTS) is 1. The first-order valence-electron chi connectivity index (χ1n) is 5.55. The lowest BCUT2D eigenvalue weighted by molar-refractivity contribution is -0.136. The molecule has 2 unspecified atom stereocenters. The molecule has 0 saturated carbocycles. The summed E-state index contributed by atoms with van der Waals surface area (Å²) in [6.07, 6.45) is 1.49.